The first kappa shape index (κ1) is 18.5. The van der Waals surface area contributed by atoms with Crippen molar-refractivity contribution in [3.8, 4) is 0 Å². The van der Waals surface area contributed by atoms with Gasteiger partial charge in [-0.3, -0.25) is 4.57 Å². The third-order valence-electron chi connectivity index (χ3n) is 3.41. The van der Waals surface area contributed by atoms with E-state index in [1.165, 1.54) is 15.5 Å². The summed E-state index contributed by atoms with van der Waals surface area (Å²) in [7, 11) is 1.64. The molecule has 24 heavy (non-hydrogen) atoms. The van der Waals surface area contributed by atoms with Gasteiger partial charge in [0.1, 0.15) is 16.9 Å². The van der Waals surface area contributed by atoms with Gasteiger partial charge in [-0.05, 0) is 55.3 Å². The fourth-order valence-electron chi connectivity index (χ4n) is 2.31. The number of hydrogen-bond acceptors (Lipinski definition) is 3. The van der Waals surface area contributed by atoms with Gasteiger partial charge in [-0.15, -0.1) is 0 Å². The Bertz CT molecular complexity index is 807. The summed E-state index contributed by atoms with van der Waals surface area (Å²) in [5, 5.41) is 0. The van der Waals surface area contributed by atoms with Crippen molar-refractivity contribution in [1.82, 2.24) is 14.5 Å². The Balaban J connectivity index is 2.07. The van der Waals surface area contributed by atoms with Gasteiger partial charge < -0.3 is 14.6 Å². The van der Waals surface area contributed by atoms with Crippen LogP contribution in [0.15, 0.2) is 21.4 Å². The number of fused-ring (bicyclic) bond motifs is 1. The van der Waals surface area contributed by atoms with Crippen LogP contribution in [0.3, 0.4) is 0 Å². The summed E-state index contributed by atoms with van der Waals surface area (Å²) >= 11 is 3.34. The molecule has 1 heterocycles. The van der Waals surface area contributed by atoms with Crippen molar-refractivity contribution < 1.29 is 13.9 Å². The van der Waals surface area contributed by atoms with E-state index in [1.807, 2.05) is 0 Å². The Hall–Kier alpha value is -1.83. The summed E-state index contributed by atoms with van der Waals surface area (Å²) in [6, 6.07) is 2.86. The summed E-state index contributed by atoms with van der Waals surface area (Å²) in [5.74, 6) is -0.477. The Morgan fingerprint density at radius 3 is 2.71 bits per heavy atom. The largest absolute Gasteiger partial charge is 0.444 e. The first-order chi connectivity index (χ1) is 11.1. The Kier molecular flexibility index (Phi) is 5.37. The van der Waals surface area contributed by atoms with Crippen LogP contribution < -0.4 is 5.69 Å². The molecule has 0 aliphatic carbocycles. The van der Waals surface area contributed by atoms with Crippen LogP contribution in [0, 0.1) is 5.82 Å². The molecule has 0 bridgehead atoms. The van der Waals surface area contributed by atoms with E-state index in [4.69, 9.17) is 4.74 Å². The molecule has 132 valence electrons. The van der Waals surface area contributed by atoms with Crippen molar-refractivity contribution >= 4 is 33.1 Å². The molecule has 2 aromatic rings. The van der Waals surface area contributed by atoms with Crippen LogP contribution in [-0.4, -0.2) is 39.7 Å². The van der Waals surface area contributed by atoms with Gasteiger partial charge in [0.25, 0.3) is 0 Å². The molecule has 0 fully saturated rings. The number of ether oxygens (including phenoxy) is 1. The summed E-state index contributed by atoms with van der Waals surface area (Å²) in [5.41, 5.74) is -0.271. The molecule has 0 spiro atoms. The molecule has 2 rings (SSSR count). The normalized spacial score (nSPS) is 11.8. The number of aromatic nitrogens is 2. The summed E-state index contributed by atoms with van der Waals surface area (Å²) in [6.45, 7) is 6.18. The maximum absolute atomic E-state index is 13.8. The highest BCUT2D eigenvalue weighted by atomic mass is 79.9. The number of H-pyrrole nitrogens is 1. The number of aromatic amines is 1. The molecule has 0 saturated heterocycles. The van der Waals surface area contributed by atoms with E-state index < -0.39 is 17.5 Å². The molecule has 0 radical (unpaired) electrons. The van der Waals surface area contributed by atoms with E-state index in [2.05, 4.69) is 20.9 Å². The minimum atomic E-state index is -0.554. The van der Waals surface area contributed by atoms with Gasteiger partial charge in [-0.2, -0.15) is 0 Å². The molecule has 8 heteroatoms. The number of carbonyl (C=O) groups excluding carboxylic acids is 1. The van der Waals surface area contributed by atoms with E-state index in [-0.39, 0.29) is 11.2 Å². The molecule has 1 N–H and O–H groups in total. The molecule has 0 saturated carbocycles. The fraction of sp³-hybridized carbons (Fsp3) is 0.500. The lowest BCUT2D eigenvalue weighted by Gasteiger charge is -2.24. The van der Waals surface area contributed by atoms with Gasteiger partial charge >= 0.3 is 11.8 Å². The van der Waals surface area contributed by atoms with Crippen LogP contribution >= 0.6 is 15.9 Å². The second-order valence-electron chi connectivity index (χ2n) is 6.59. The van der Waals surface area contributed by atoms with E-state index in [1.54, 1.807) is 33.9 Å². The maximum Gasteiger partial charge on any atom is 0.410 e. The lowest BCUT2D eigenvalue weighted by Crippen LogP contribution is -2.35. The Morgan fingerprint density at radius 2 is 2.08 bits per heavy atom. The molecular formula is C16H21BrFN3O3. The first-order valence-electron chi connectivity index (χ1n) is 7.61. The van der Waals surface area contributed by atoms with Gasteiger partial charge in [-0.1, -0.05) is 0 Å². The predicted octanol–water partition coefficient (Wildman–Crippen LogP) is 3.49. The summed E-state index contributed by atoms with van der Waals surface area (Å²) < 4.78 is 21.2. The van der Waals surface area contributed by atoms with Gasteiger partial charge in [-0.25, -0.2) is 14.0 Å². The third-order valence-corrected chi connectivity index (χ3v) is 4.05. The zero-order valence-electron chi connectivity index (χ0n) is 14.2. The molecule has 0 aliphatic heterocycles. The summed E-state index contributed by atoms with van der Waals surface area (Å²) in [6.07, 6.45) is 0.118. The second kappa shape index (κ2) is 6.96. The van der Waals surface area contributed by atoms with E-state index >= 15 is 0 Å². The fourth-order valence-corrected chi connectivity index (χ4v) is 2.85. The van der Waals surface area contributed by atoms with Gasteiger partial charge in [0.15, 0.2) is 0 Å². The molecule has 0 aliphatic rings. The number of benzene rings is 1. The van der Waals surface area contributed by atoms with Gasteiger partial charge in [0, 0.05) is 24.6 Å². The Labute approximate surface area is 147 Å². The summed E-state index contributed by atoms with van der Waals surface area (Å²) in [4.78, 5) is 27.9. The van der Waals surface area contributed by atoms with Gasteiger partial charge in [0.2, 0.25) is 0 Å². The molecule has 1 aromatic carbocycles. The van der Waals surface area contributed by atoms with Crippen molar-refractivity contribution in [2.45, 2.75) is 39.3 Å². The molecule has 1 amide bonds. The topological polar surface area (TPSA) is 67.3 Å². The van der Waals surface area contributed by atoms with Crippen molar-refractivity contribution in [2.24, 2.45) is 0 Å². The van der Waals surface area contributed by atoms with Crippen LogP contribution in [0.4, 0.5) is 9.18 Å². The number of rotatable bonds is 4. The van der Waals surface area contributed by atoms with Gasteiger partial charge in [0.05, 0.1) is 5.52 Å². The number of amides is 1. The molecule has 6 nitrogen and oxygen atoms in total. The third kappa shape index (κ3) is 4.17. The monoisotopic (exact) mass is 401 g/mol. The quantitative estimate of drug-likeness (QED) is 0.852. The predicted molar refractivity (Wildman–Crippen MR) is 93.7 cm³/mol. The lowest BCUT2D eigenvalue weighted by atomic mass is 10.2. The van der Waals surface area contributed by atoms with Crippen LogP contribution in [-0.2, 0) is 11.3 Å². The first-order valence-corrected chi connectivity index (χ1v) is 8.40. The van der Waals surface area contributed by atoms with Crippen molar-refractivity contribution in [3.63, 3.8) is 0 Å². The van der Waals surface area contributed by atoms with Crippen molar-refractivity contribution in [3.05, 3.63) is 32.9 Å². The average Bonchev–Trinajstić information content (AvgIpc) is 2.79. The minimum absolute atomic E-state index is 0.176. The number of halogens is 2. The zero-order chi connectivity index (χ0) is 18.1. The maximum atomic E-state index is 13.8. The Morgan fingerprint density at radius 1 is 1.42 bits per heavy atom. The van der Waals surface area contributed by atoms with E-state index in [9.17, 15) is 14.0 Å². The number of nitrogens with one attached hydrogen (secondary N) is 1. The van der Waals surface area contributed by atoms with Crippen molar-refractivity contribution in [2.75, 3.05) is 13.6 Å². The molecule has 0 atom stereocenters. The molecule has 1 aromatic heterocycles. The van der Waals surface area contributed by atoms with Crippen LogP contribution in [0.25, 0.3) is 11.0 Å². The lowest BCUT2D eigenvalue weighted by molar-refractivity contribution is 0.0295. The highest BCUT2D eigenvalue weighted by molar-refractivity contribution is 9.10. The average molecular weight is 402 g/mol. The van der Waals surface area contributed by atoms with Crippen LogP contribution in [0.1, 0.15) is 27.2 Å². The van der Waals surface area contributed by atoms with Crippen LogP contribution in [0.5, 0.6) is 0 Å². The SMILES string of the molecule is CN(CCCn1c(=O)[nH]c2c(F)ccc(Br)c21)C(=O)OC(C)(C)C. The van der Waals surface area contributed by atoms with Crippen molar-refractivity contribution in [1.29, 1.82) is 0 Å². The number of carbonyl (C=O) groups is 1. The number of aryl methyl sites for hydroxylation is 1. The number of hydrogen-bond donors (Lipinski definition) is 1. The highest BCUT2D eigenvalue weighted by Gasteiger charge is 2.19. The second-order valence-corrected chi connectivity index (χ2v) is 7.44. The smallest absolute Gasteiger partial charge is 0.410 e. The number of imidazole rings is 1. The zero-order valence-corrected chi connectivity index (χ0v) is 15.7. The minimum Gasteiger partial charge on any atom is -0.444 e. The van der Waals surface area contributed by atoms with Crippen LogP contribution in [0.2, 0.25) is 0 Å². The highest BCUT2D eigenvalue weighted by Crippen LogP contribution is 2.24. The molecular weight excluding hydrogens is 381 g/mol. The number of nitrogens with zero attached hydrogens (tertiary/aromatic N) is 2. The standard InChI is InChI=1S/C16H21BrFN3O3/c1-16(2,3)24-15(23)20(4)8-5-9-21-13-10(17)6-7-11(18)12(13)19-14(21)22/h6-7H,5,8-9H2,1-4H3,(H,19,22). The van der Waals surface area contributed by atoms with E-state index in [0.29, 0.717) is 29.5 Å². The molecule has 0 unspecified atom stereocenters. The van der Waals surface area contributed by atoms with E-state index in [0.717, 1.165) is 0 Å².